The van der Waals surface area contributed by atoms with Gasteiger partial charge in [0, 0.05) is 53.3 Å². The molecular formula is C47H28N4S. The first-order valence-electron chi connectivity index (χ1n) is 17.4. The predicted molar refractivity (Wildman–Crippen MR) is 218 cm³/mol. The summed E-state index contributed by atoms with van der Waals surface area (Å²) < 4.78 is 4.95. The molecule has 0 aliphatic carbocycles. The average molecular weight is 681 g/mol. The predicted octanol–water partition coefficient (Wildman–Crippen LogP) is 12.6. The number of nitrogens with zero attached hydrogens (tertiary/aromatic N) is 4. The Labute approximate surface area is 302 Å². The van der Waals surface area contributed by atoms with Crippen LogP contribution in [0, 0.1) is 0 Å². The van der Waals surface area contributed by atoms with Crippen molar-refractivity contribution >= 4 is 74.9 Å². The Morgan fingerprint density at radius 2 is 0.962 bits per heavy atom. The standard InChI is InChI=1S/C47H28N4S/c1-3-11-30(12-4-1)45-48-46(32-21-24-35-31(27-32)20-19-29-23-26-42-44(43(29)35)38-16-8-10-18-41(38)52-42)50-47(49-45)33-22-25-37-36-15-7-9-17-39(36)51(40(37)28-33)34-13-5-2-6-14-34/h1-28H. The van der Waals surface area contributed by atoms with Gasteiger partial charge in [0.15, 0.2) is 17.5 Å². The summed E-state index contributed by atoms with van der Waals surface area (Å²) in [6, 6.07) is 60.2. The molecule has 0 aliphatic rings. The second-order valence-corrected chi connectivity index (χ2v) is 14.3. The second-order valence-electron chi connectivity index (χ2n) is 13.2. The van der Waals surface area contributed by atoms with Crippen molar-refractivity contribution in [3.8, 4) is 39.9 Å². The molecule has 0 aliphatic heterocycles. The monoisotopic (exact) mass is 680 g/mol. The molecule has 8 aromatic carbocycles. The fraction of sp³-hybridized carbons (Fsp3) is 0. The Kier molecular flexibility index (Phi) is 6.39. The van der Waals surface area contributed by atoms with Crippen LogP contribution in [-0.4, -0.2) is 19.5 Å². The van der Waals surface area contributed by atoms with Crippen molar-refractivity contribution in [1.29, 1.82) is 0 Å². The first-order valence-corrected chi connectivity index (χ1v) is 18.3. The van der Waals surface area contributed by atoms with Gasteiger partial charge in [-0.3, -0.25) is 0 Å². The van der Waals surface area contributed by atoms with Crippen LogP contribution in [0.15, 0.2) is 170 Å². The molecule has 0 amide bonds. The third kappa shape index (κ3) is 4.50. The van der Waals surface area contributed by atoms with Crippen molar-refractivity contribution in [2.24, 2.45) is 0 Å². The normalized spacial score (nSPS) is 11.8. The number of aromatic nitrogens is 4. The fourth-order valence-corrected chi connectivity index (χ4v) is 8.94. The molecule has 0 saturated carbocycles. The highest BCUT2D eigenvalue weighted by atomic mass is 32.1. The number of thiophene rings is 1. The van der Waals surface area contributed by atoms with Crippen LogP contribution in [0.4, 0.5) is 0 Å². The van der Waals surface area contributed by atoms with Gasteiger partial charge in [0.2, 0.25) is 0 Å². The molecule has 52 heavy (non-hydrogen) atoms. The van der Waals surface area contributed by atoms with Crippen molar-refractivity contribution in [3.63, 3.8) is 0 Å². The van der Waals surface area contributed by atoms with Crippen LogP contribution in [0.1, 0.15) is 0 Å². The van der Waals surface area contributed by atoms with Crippen LogP contribution in [0.25, 0.3) is 103 Å². The third-order valence-corrected chi connectivity index (χ3v) is 11.3. The molecule has 0 atom stereocenters. The summed E-state index contributed by atoms with van der Waals surface area (Å²) in [4.78, 5) is 15.4. The lowest BCUT2D eigenvalue weighted by atomic mass is 9.96. The topological polar surface area (TPSA) is 43.6 Å². The molecule has 4 nitrogen and oxygen atoms in total. The van der Waals surface area contributed by atoms with Gasteiger partial charge < -0.3 is 4.57 Å². The molecule has 0 saturated heterocycles. The SMILES string of the molecule is c1ccc(-c2nc(-c3ccc4c(ccc5ccc6sc7ccccc7c6c54)c3)nc(-c3ccc4c5ccccc5n(-c5ccccc5)c4c3)n2)cc1. The maximum atomic E-state index is 5.18. The summed E-state index contributed by atoms with van der Waals surface area (Å²) in [5, 5.41) is 9.96. The highest BCUT2D eigenvalue weighted by molar-refractivity contribution is 7.26. The summed E-state index contributed by atoms with van der Waals surface area (Å²) in [6.07, 6.45) is 0. The van der Waals surface area contributed by atoms with E-state index in [4.69, 9.17) is 15.0 Å². The average Bonchev–Trinajstić information content (AvgIpc) is 3.76. The van der Waals surface area contributed by atoms with E-state index in [2.05, 4.69) is 156 Å². The number of benzene rings is 8. The summed E-state index contributed by atoms with van der Waals surface area (Å²) in [5.41, 5.74) is 6.23. The molecule has 0 fully saturated rings. The van der Waals surface area contributed by atoms with Gasteiger partial charge in [0.25, 0.3) is 0 Å². The molecule has 3 aromatic heterocycles. The molecule has 3 heterocycles. The highest BCUT2D eigenvalue weighted by Crippen LogP contribution is 2.42. The summed E-state index contributed by atoms with van der Waals surface area (Å²) in [7, 11) is 0. The van der Waals surface area contributed by atoms with E-state index in [-0.39, 0.29) is 0 Å². The van der Waals surface area contributed by atoms with Gasteiger partial charge in [-0.15, -0.1) is 11.3 Å². The third-order valence-electron chi connectivity index (χ3n) is 10.2. The quantitative estimate of drug-likeness (QED) is 0.174. The van der Waals surface area contributed by atoms with Crippen LogP contribution in [0.3, 0.4) is 0 Å². The van der Waals surface area contributed by atoms with Gasteiger partial charge in [-0.1, -0.05) is 127 Å². The minimum absolute atomic E-state index is 0.640. The summed E-state index contributed by atoms with van der Waals surface area (Å²) in [6.45, 7) is 0. The van der Waals surface area contributed by atoms with Gasteiger partial charge in [0.05, 0.1) is 11.0 Å². The molecule has 5 heteroatoms. The lowest BCUT2D eigenvalue weighted by Gasteiger charge is -2.11. The van der Waals surface area contributed by atoms with E-state index in [1.54, 1.807) is 0 Å². The number of para-hydroxylation sites is 2. The van der Waals surface area contributed by atoms with E-state index < -0.39 is 0 Å². The molecule has 0 unspecified atom stereocenters. The Bertz CT molecular complexity index is 3180. The second kappa shape index (κ2) is 11.4. The molecule has 11 rings (SSSR count). The van der Waals surface area contributed by atoms with Gasteiger partial charge in [-0.25, -0.2) is 15.0 Å². The Hall–Kier alpha value is -6.69. The molecule has 242 valence electrons. The van der Waals surface area contributed by atoms with E-state index in [0.717, 1.165) is 33.3 Å². The Morgan fingerprint density at radius 3 is 1.77 bits per heavy atom. The first-order chi connectivity index (χ1) is 25.8. The zero-order chi connectivity index (χ0) is 34.2. The van der Waals surface area contributed by atoms with E-state index in [9.17, 15) is 0 Å². The summed E-state index contributed by atoms with van der Waals surface area (Å²) in [5.74, 6) is 1.93. The molecule has 11 aromatic rings. The molecule has 0 N–H and O–H groups in total. The smallest absolute Gasteiger partial charge is 0.164 e. The number of fused-ring (bicyclic) bond motifs is 10. The fourth-order valence-electron chi connectivity index (χ4n) is 7.82. The van der Waals surface area contributed by atoms with Crippen LogP contribution >= 0.6 is 11.3 Å². The molecule has 0 spiro atoms. The van der Waals surface area contributed by atoms with E-state index in [1.165, 1.54) is 52.6 Å². The maximum absolute atomic E-state index is 5.18. The highest BCUT2D eigenvalue weighted by Gasteiger charge is 2.18. The first kappa shape index (κ1) is 29.1. The van der Waals surface area contributed by atoms with E-state index in [1.807, 2.05) is 29.5 Å². The minimum Gasteiger partial charge on any atom is -0.309 e. The van der Waals surface area contributed by atoms with Crippen LogP contribution < -0.4 is 0 Å². The minimum atomic E-state index is 0.640. The Morgan fingerprint density at radius 1 is 0.365 bits per heavy atom. The summed E-state index contributed by atoms with van der Waals surface area (Å²) >= 11 is 1.86. The van der Waals surface area contributed by atoms with Crippen LogP contribution in [0.5, 0.6) is 0 Å². The number of rotatable bonds is 4. The van der Waals surface area contributed by atoms with Crippen molar-refractivity contribution in [1.82, 2.24) is 19.5 Å². The Balaban J connectivity index is 1.12. The van der Waals surface area contributed by atoms with Gasteiger partial charge in [-0.05, 0) is 64.0 Å². The van der Waals surface area contributed by atoms with E-state index >= 15 is 0 Å². The maximum Gasteiger partial charge on any atom is 0.164 e. The lowest BCUT2D eigenvalue weighted by Crippen LogP contribution is -2.00. The largest absolute Gasteiger partial charge is 0.309 e. The molecule has 0 radical (unpaired) electrons. The number of hydrogen-bond donors (Lipinski definition) is 0. The zero-order valence-corrected chi connectivity index (χ0v) is 28.7. The van der Waals surface area contributed by atoms with Crippen LogP contribution in [-0.2, 0) is 0 Å². The van der Waals surface area contributed by atoms with Gasteiger partial charge >= 0.3 is 0 Å². The number of hydrogen-bond acceptors (Lipinski definition) is 4. The van der Waals surface area contributed by atoms with Crippen molar-refractivity contribution < 1.29 is 0 Å². The zero-order valence-electron chi connectivity index (χ0n) is 27.9. The van der Waals surface area contributed by atoms with Crippen molar-refractivity contribution in [2.75, 3.05) is 0 Å². The lowest BCUT2D eigenvalue weighted by molar-refractivity contribution is 1.07. The van der Waals surface area contributed by atoms with Gasteiger partial charge in [-0.2, -0.15) is 0 Å². The van der Waals surface area contributed by atoms with E-state index in [0.29, 0.717) is 17.5 Å². The van der Waals surface area contributed by atoms with Crippen molar-refractivity contribution in [2.45, 2.75) is 0 Å². The molecular weight excluding hydrogens is 653 g/mol. The van der Waals surface area contributed by atoms with Gasteiger partial charge in [0.1, 0.15) is 0 Å². The molecule has 0 bridgehead atoms. The van der Waals surface area contributed by atoms with Crippen LogP contribution in [0.2, 0.25) is 0 Å². The van der Waals surface area contributed by atoms with Crippen molar-refractivity contribution in [3.05, 3.63) is 170 Å².